The van der Waals surface area contributed by atoms with Crippen LogP contribution >= 0.6 is 0 Å². The number of furan rings is 1. The second-order valence-corrected chi connectivity index (χ2v) is 5.76. The highest BCUT2D eigenvalue weighted by atomic mass is 16.5. The first kappa shape index (κ1) is 16.3. The highest BCUT2D eigenvalue weighted by molar-refractivity contribution is 6.00. The number of rotatable bonds is 4. The lowest BCUT2D eigenvalue weighted by Crippen LogP contribution is -2.40. The van der Waals surface area contributed by atoms with E-state index in [-0.39, 0.29) is 17.8 Å². The van der Waals surface area contributed by atoms with E-state index < -0.39 is 0 Å². The zero-order chi connectivity index (χ0) is 17.1. The minimum absolute atomic E-state index is 0.137. The van der Waals surface area contributed by atoms with Crippen molar-refractivity contribution in [3.05, 3.63) is 29.7 Å². The van der Waals surface area contributed by atoms with Crippen LogP contribution in [0.2, 0.25) is 0 Å². The van der Waals surface area contributed by atoms with Crippen LogP contribution in [0, 0.1) is 12.8 Å². The summed E-state index contributed by atoms with van der Waals surface area (Å²) in [6, 6.07) is 3.47. The number of aromatic nitrogens is 1. The largest absolute Gasteiger partial charge is 0.466 e. The van der Waals surface area contributed by atoms with Gasteiger partial charge in [0, 0.05) is 13.1 Å². The van der Waals surface area contributed by atoms with Crippen LogP contribution in [0.1, 0.15) is 35.9 Å². The molecule has 0 saturated carbocycles. The standard InChI is InChI=1S/C17H20N2O5/c1-3-22-17(21)12-6-8-19(9-7-12)16(20)14-11(2)24-18-15(14)13-5-4-10-23-13/h4-5,10,12H,3,6-9H2,1-2H3. The highest BCUT2D eigenvalue weighted by Crippen LogP contribution is 2.28. The number of carbonyl (C=O) groups excluding carboxylic acids is 2. The number of likely N-dealkylation sites (tertiary alicyclic amines) is 1. The number of carbonyl (C=O) groups is 2. The zero-order valence-electron chi connectivity index (χ0n) is 13.8. The average molecular weight is 332 g/mol. The Kier molecular flexibility index (Phi) is 4.69. The van der Waals surface area contributed by atoms with Gasteiger partial charge in [-0.05, 0) is 38.8 Å². The first-order chi connectivity index (χ1) is 11.6. The van der Waals surface area contributed by atoms with E-state index in [9.17, 15) is 9.59 Å². The van der Waals surface area contributed by atoms with E-state index in [1.165, 1.54) is 6.26 Å². The van der Waals surface area contributed by atoms with Crippen LogP contribution in [0.3, 0.4) is 0 Å². The molecule has 0 spiro atoms. The number of hydrogen-bond acceptors (Lipinski definition) is 6. The lowest BCUT2D eigenvalue weighted by molar-refractivity contribution is -0.149. The van der Waals surface area contributed by atoms with Crippen LogP contribution in [0.15, 0.2) is 27.3 Å². The molecule has 0 radical (unpaired) electrons. The van der Waals surface area contributed by atoms with Gasteiger partial charge in [0.05, 0.1) is 18.8 Å². The molecule has 1 aliphatic rings. The van der Waals surface area contributed by atoms with E-state index in [4.69, 9.17) is 13.7 Å². The lowest BCUT2D eigenvalue weighted by Gasteiger charge is -2.30. The topological polar surface area (TPSA) is 85.8 Å². The first-order valence-electron chi connectivity index (χ1n) is 8.07. The molecule has 3 rings (SSSR count). The van der Waals surface area contributed by atoms with Crippen LogP contribution < -0.4 is 0 Å². The van der Waals surface area contributed by atoms with Gasteiger partial charge in [0.2, 0.25) is 0 Å². The van der Waals surface area contributed by atoms with Crippen LogP contribution in [-0.4, -0.2) is 41.6 Å². The molecule has 7 heteroatoms. The predicted molar refractivity (Wildman–Crippen MR) is 84.2 cm³/mol. The van der Waals surface area contributed by atoms with Crippen molar-refractivity contribution in [3.8, 4) is 11.5 Å². The van der Waals surface area contributed by atoms with Gasteiger partial charge in [-0.15, -0.1) is 0 Å². The quantitative estimate of drug-likeness (QED) is 0.800. The second kappa shape index (κ2) is 6.90. The Hall–Kier alpha value is -2.57. The third-order valence-corrected chi connectivity index (χ3v) is 4.23. The molecule has 24 heavy (non-hydrogen) atoms. The zero-order valence-corrected chi connectivity index (χ0v) is 13.8. The van der Waals surface area contributed by atoms with Crippen LogP contribution in [0.4, 0.5) is 0 Å². The van der Waals surface area contributed by atoms with E-state index in [1.54, 1.807) is 30.9 Å². The van der Waals surface area contributed by atoms with Gasteiger partial charge in [0.25, 0.3) is 5.91 Å². The fraction of sp³-hybridized carbons (Fsp3) is 0.471. The minimum Gasteiger partial charge on any atom is -0.466 e. The van der Waals surface area contributed by atoms with Crippen molar-refractivity contribution in [1.29, 1.82) is 0 Å². The van der Waals surface area contributed by atoms with Gasteiger partial charge < -0.3 is 18.6 Å². The number of nitrogens with zero attached hydrogens (tertiary/aromatic N) is 2. The lowest BCUT2D eigenvalue weighted by atomic mass is 9.96. The van der Waals surface area contributed by atoms with Crippen molar-refractivity contribution >= 4 is 11.9 Å². The van der Waals surface area contributed by atoms with Gasteiger partial charge in [-0.25, -0.2) is 0 Å². The molecule has 7 nitrogen and oxygen atoms in total. The number of amides is 1. The summed E-state index contributed by atoms with van der Waals surface area (Å²) < 4.78 is 15.6. The molecule has 0 aliphatic carbocycles. The third kappa shape index (κ3) is 3.06. The Morgan fingerprint density at radius 1 is 1.38 bits per heavy atom. The van der Waals surface area contributed by atoms with Gasteiger partial charge in [-0.3, -0.25) is 9.59 Å². The Balaban J connectivity index is 1.73. The van der Waals surface area contributed by atoms with Crippen molar-refractivity contribution in [2.75, 3.05) is 19.7 Å². The van der Waals surface area contributed by atoms with Crippen LogP contribution in [-0.2, 0) is 9.53 Å². The molecule has 0 N–H and O–H groups in total. The fourth-order valence-electron chi connectivity index (χ4n) is 2.94. The summed E-state index contributed by atoms with van der Waals surface area (Å²) in [5, 5.41) is 3.95. The van der Waals surface area contributed by atoms with E-state index in [2.05, 4.69) is 5.16 Å². The summed E-state index contributed by atoms with van der Waals surface area (Å²) >= 11 is 0. The van der Waals surface area contributed by atoms with E-state index in [1.807, 2.05) is 0 Å². The number of ether oxygens (including phenoxy) is 1. The van der Waals surface area contributed by atoms with Crippen molar-refractivity contribution in [2.24, 2.45) is 5.92 Å². The summed E-state index contributed by atoms with van der Waals surface area (Å²) in [5.74, 6) is 0.488. The summed E-state index contributed by atoms with van der Waals surface area (Å²) in [7, 11) is 0. The maximum atomic E-state index is 12.9. The summed E-state index contributed by atoms with van der Waals surface area (Å²) in [6.45, 7) is 4.89. The summed E-state index contributed by atoms with van der Waals surface area (Å²) in [6.07, 6.45) is 2.73. The molecule has 3 heterocycles. The monoisotopic (exact) mass is 332 g/mol. The Morgan fingerprint density at radius 3 is 2.75 bits per heavy atom. The molecular formula is C17H20N2O5. The molecule has 0 aromatic carbocycles. The molecule has 1 aliphatic heterocycles. The van der Waals surface area contributed by atoms with Crippen LogP contribution in [0.5, 0.6) is 0 Å². The van der Waals surface area contributed by atoms with Crippen molar-refractivity contribution in [3.63, 3.8) is 0 Å². The maximum Gasteiger partial charge on any atom is 0.309 e. The van der Waals surface area contributed by atoms with E-state index in [0.29, 0.717) is 55.3 Å². The predicted octanol–water partition coefficient (Wildman–Crippen LogP) is 2.66. The molecular weight excluding hydrogens is 312 g/mol. The van der Waals surface area contributed by atoms with Gasteiger partial charge in [0.15, 0.2) is 11.5 Å². The number of aryl methyl sites for hydroxylation is 1. The molecule has 2 aromatic heterocycles. The normalized spacial score (nSPS) is 15.5. The highest BCUT2D eigenvalue weighted by Gasteiger charge is 2.32. The average Bonchev–Trinajstić information content (AvgIpc) is 3.24. The van der Waals surface area contributed by atoms with Crippen molar-refractivity contribution < 1.29 is 23.3 Å². The molecule has 0 unspecified atom stereocenters. The van der Waals surface area contributed by atoms with Gasteiger partial charge in [0.1, 0.15) is 11.3 Å². The first-order valence-corrected chi connectivity index (χ1v) is 8.07. The second-order valence-electron chi connectivity index (χ2n) is 5.76. The Morgan fingerprint density at radius 2 is 2.12 bits per heavy atom. The van der Waals surface area contributed by atoms with Crippen molar-refractivity contribution in [1.82, 2.24) is 10.1 Å². The number of esters is 1. The number of hydrogen-bond donors (Lipinski definition) is 0. The minimum atomic E-state index is -0.179. The molecule has 128 valence electrons. The molecule has 2 aromatic rings. The maximum absolute atomic E-state index is 12.9. The summed E-state index contributed by atoms with van der Waals surface area (Å²) in [4.78, 5) is 26.4. The molecule has 1 amide bonds. The molecule has 0 atom stereocenters. The Bertz CT molecular complexity index is 711. The SMILES string of the molecule is CCOC(=O)C1CCN(C(=O)c2c(-c3ccco3)noc2C)CC1. The van der Waals surface area contributed by atoms with Gasteiger partial charge in [-0.2, -0.15) is 0 Å². The molecule has 0 bridgehead atoms. The van der Waals surface area contributed by atoms with Gasteiger partial charge >= 0.3 is 5.97 Å². The van der Waals surface area contributed by atoms with E-state index >= 15 is 0 Å². The molecule has 1 fully saturated rings. The fourth-order valence-corrected chi connectivity index (χ4v) is 2.94. The van der Waals surface area contributed by atoms with E-state index in [0.717, 1.165) is 0 Å². The number of piperidine rings is 1. The Labute approximate surface area is 139 Å². The third-order valence-electron chi connectivity index (χ3n) is 4.23. The smallest absolute Gasteiger partial charge is 0.309 e. The van der Waals surface area contributed by atoms with Crippen LogP contribution in [0.25, 0.3) is 11.5 Å². The summed E-state index contributed by atoms with van der Waals surface area (Å²) in [5.41, 5.74) is 0.828. The van der Waals surface area contributed by atoms with Crippen molar-refractivity contribution in [2.45, 2.75) is 26.7 Å². The molecule has 1 saturated heterocycles. The van der Waals surface area contributed by atoms with Gasteiger partial charge in [-0.1, -0.05) is 5.16 Å².